The zero-order valence-corrected chi connectivity index (χ0v) is 14.2. The van der Waals surface area contributed by atoms with Crippen LogP contribution in [0.15, 0.2) is 47.3 Å². The van der Waals surface area contributed by atoms with E-state index in [1.165, 1.54) is 16.8 Å². The van der Waals surface area contributed by atoms with E-state index < -0.39 is 5.91 Å². The van der Waals surface area contributed by atoms with E-state index in [0.29, 0.717) is 12.1 Å². The molecule has 1 atom stereocenters. The van der Waals surface area contributed by atoms with Gasteiger partial charge in [0.15, 0.2) is 0 Å². The van der Waals surface area contributed by atoms with Crippen LogP contribution in [0.3, 0.4) is 0 Å². The van der Waals surface area contributed by atoms with Gasteiger partial charge in [0.05, 0.1) is 18.3 Å². The van der Waals surface area contributed by atoms with Crippen LogP contribution in [0.25, 0.3) is 5.69 Å². The first-order valence-corrected chi connectivity index (χ1v) is 7.88. The van der Waals surface area contributed by atoms with Crippen molar-refractivity contribution < 1.29 is 9.90 Å². The molecule has 1 aromatic carbocycles. The number of aromatic nitrogens is 2. The third kappa shape index (κ3) is 4.76. The number of carbonyl (C=O) groups is 1. The van der Waals surface area contributed by atoms with Crippen LogP contribution in [0.1, 0.15) is 37.7 Å². The lowest BCUT2D eigenvalue weighted by molar-refractivity contribution is 0.0891. The maximum atomic E-state index is 12.4. The van der Waals surface area contributed by atoms with Crippen LogP contribution in [0.5, 0.6) is 0 Å². The second kappa shape index (κ2) is 7.40. The Bertz CT molecular complexity index is 748. The Labute approximate surface area is 141 Å². The fourth-order valence-corrected chi connectivity index (χ4v) is 2.45. The minimum Gasteiger partial charge on any atom is -0.394 e. The zero-order chi connectivity index (χ0) is 17.7. The van der Waals surface area contributed by atoms with Gasteiger partial charge in [-0.3, -0.25) is 9.59 Å². The van der Waals surface area contributed by atoms with E-state index in [1.54, 1.807) is 24.3 Å². The van der Waals surface area contributed by atoms with E-state index in [9.17, 15) is 14.7 Å². The number of hydrogen-bond acceptors (Lipinski definition) is 4. The van der Waals surface area contributed by atoms with E-state index in [1.807, 2.05) is 26.8 Å². The summed E-state index contributed by atoms with van der Waals surface area (Å²) in [5.74, 6) is -0.414. The molecule has 2 N–H and O–H groups in total. The highest BCUT2D eigenvalue weighted by atomic mass is 16.3. The molecule has 6 nitrogen and oxygen atoms in total. The highest BCUT2D eigenvalue weighted by Gasteiger charge is 2.21. The summed E-state index contributed by atoms with van der Waals surface area (Å²) in [4.78, 5) is 24.4. The van der Waals surface area contributed by atoms with Crippen molar-refractivity contribution in [1.82, 2.24) is 15.1 Å². The number of nitrogens with one attached hydrogen (secondary N) is 1. The van der Waals surface area contributed by atoms with Crippen LogP contribution in [-0.2, 0) is 0 Å². The molecule has 1 aromatic heterocycles. The van der Waals surface area contributed by atoms with Gasteiger partial charge in [-0.25, -0.2) is 0 Å². The minimum absolute atomic E-state index is 0.0308. The molecule has 0 aliphatic heterocycles. The second-order valence-corrected chi connectivity index (χ2v) is 6.92. The summed E-state index contributed by atoms with van der Waals surface area (Å²) >= 11 is 0. The van der Waals surface area contributed by atoms with Gasteiger partial charge in [-0.1, -0.05) is 39.0 Å². The summed E-state index contributed by atoms with van der Waals surface area (Å²) in [6.45, 7) is 5.96. The quantitative estimate of drug-likeness (QED) is 0.875. The lowest BCUT2D eigenvalue weighted by Gasteiger charge is -2.25. The number of aliphatic hydroxyl groups excluding tert-OH is 1. The van der Waals surface area contributed by atoms with Gasteiger partial charge in [-0.05, 0) is 30.0 Å². The molecule has 1 unspecified atom stereocenters. The average Bonchev–Trinajstić information content (AvgIpc) is 2.54. The molecular weight excluding hydrogens is 306 g/mol. The van der Waals surface area contributed by atoms with Crippen LogP contribution in [0.4, 0.5) is 0 Å². The molecule has 128 valence electrons. The summed E-state index contributed by atoms with van der Waals surface area (Å²) in [6, 6.07) is 11.2. The molecule has 24 heavy (non-hydrogen) atoms. The van der Waals surface area contributed by atoms with Crippen molar-refractivity contribution >= 4 is 5.91 Å². The standard InChI is InChI=1S/C18H23N3O3/c1-18(2,3)11-13(12-22)19-17(24)15-9-10-16(23)21(20-15)14-7-5-4-6-8-14/h4-10,13,22H,11-12H2,1-3H3,(H,19,24). The molecule has 2 rings (SSSR count). The predicted octanol–water partition coefficient (Wildman–Crippen LogP) is 1.76. The highest BCUT2D eigenvalue weighted by Crippen LogP contribution is 2.20. The maximum Gasteiger partial charge on any atom is 0.272 e. The number of benzene rings is 1. The van der Waals surface area contributed by atoms with Gasteiger partial charge in [-0.15, -0.1) is 0 Å². The monoisotopic (exact) mass is 329 g/mol. The van der Waals surface area contributed by atoms with Crippen LogP contribution in [0.2, 0.25) is 0 Å². The molecule has 0 fully saturated rings. The van der Waals surface area contributed by atoms with E-state index in [4.69, 9.17) is 0 Å². The number of hydrogen-bond donors (Lipinski definition) is 2. The summed E-state index contributed by atoms with van der Waals surface area (Å²) in [5.41, 5.74) is 0.374. The predicted molar refractivity (Wildman–Crippen MR) is 92.2 cm³/mol. The Balaban J connectivity index is 2.23. The summed E-state index contributed by atoms with van der Waals surface area (Å²) < 4.78 is 1.19. The van der Waals surface area contributed by atoms with Crippen LogP contribution in [0, 0.1) is 5.41 Å². The first-order valence-electron chi connectivity index (χ1n) is 7.88. The zero-order valence-electron chi connectivity index (χ0n) is 14.2. The van der Waals surface area contributed by atoms with Crippen LogP contribution in [-0.4, -0.2) is 33.4 Å². The number of carbonyl (C=O) groups excluding carboxylic acids is 1. The molecule has 0 spiro atoms. The lowest BCUT2D eigenvalue weighted by atomic mass is 9.88. The van der Waals surface area contributed by atoms with Crippen molar-refractivity contribution in [2.24, 2.45) is 5.41 Å². The molecule has 0 bridgehead atoms. The summed E-state index contributed by atoms with van der Waals surface area (Å²) in [7, 11) is 0. The normalized spacial score (nSPS) is 12.7. The van der Waals surface area contributed by atoms with Gasteiger partial charge < -0.3 is 10.4 Å². The molecule has 0 saturated carbocycles. The number of rotatable bonds is 5. The van der Waals surface area contributed by atoms with Crippen molar-refractivity contribution in [2.75, 3.05) is 6.61 Å². The summed E-state index contributed by atoms with van der Waals surface area (Å²) in [5, 5.41) is 16.4. The first-order chi connectivity index (χ1) is 11.3. The molecule has 0 radical (unpaired) electrons. The fraction of sp³-hybridized carbons (Fsp3) is 0.389. The van der Waals surface area contributed by atoms with Crippen molar-refractivity contribution in [3.63, 3.8) is 0 Å². The smallest absolute Gasteiger partial charge is 0.272 e. The van der Waals surface area contributed by atoms with Gasteiger partial charge in [0.1, 0.15) is 5.69 Å². The average molecular weight is 329 g/mol. The van der Waals surface area contributed by atoms with Crippen LogP contribution >= 0.6 is 0 Å². The number of para-hydroxylation sites is 1. The lowest BCUT2D eigenvalue weighted by Crippen LogP contribution is -2.41. The maximum absolute atomic E-state index is 12.4. The van der Waals surface area contributed by atoms with Gasteiger partial charge >= 0.3 is 0 Å². The Hall–Kier alpha value is -2.47. The van der Waals surface area contributed by atoms with Gasteiger partial charge in [0, 0.05) is 6.07 Å². The molecule has 0 aliphatic rings. The summed E-state index contributed by atoms with van der Waals surface area (Å²) in [6.07, 6.45) is 0.633. The minimum atomic E-state index is -0.414. The molecule has 6 heteroatoms. The number of aliphatic hydroxyl groups is 1. The van der Waals surface area contributed by atoms with Gasteiger partial charge in [0.2, 0.25) is 0 Å². The van der Waals surface area contributed by atoms with Crippen molar-refractivity contribution in [2.45, 2.75) is 33.2 Å². The van der Waals surface area contributed by atoms with Gasteiger partial charge in [0.25, 0.3) is 11.5 Å². The topological polar surface area (TPSA) is 84.2 Å². The fourth-order valence-electron chi connectivity index (χ4n) is 2.45. The molecule has 0 saturated heterocycles. The Kier molecular flexibility index (Phi) is 5.51. The highest BCUT2D eigenvalue weighted by molar-refractivity contribution is 5.92. The van der Waals surface area contributed by atoms with Crippen molar-refractivity contribution in [3.8, 4) is 5.69 Å². The van der Waals surface area contributed by atoms with E-state index >= 15 is 0 Å². The molecule has 1 amide bonds. The van der Waals surface area contributed by atoms with Crippen molar-refractivity contribution in [1.29, 1.82) is 0 Å². The van der Waals surface area contributed by atoms with E-state index in [0.717, 1.165) is 0 Å². The van der Waals surface area contributed by atoms with E-state index in [-0.39, 0.29) is 29.3 Å². The number of nitrogens with zero attached hydrogens (tertiary/aromatic N) is 2. The van der Waals surface area contributed by atoms with Crippen LogP contribution < -0.4 is 10.9 Å². The third-order valence-corrected chi connectivity index (χ3v) is 3.45. The van der Waals surface area contributed by atoms with E-state index in [2.05, 4.69) is 10.4 Å². The largest absolute Gasteiger partial charge is 0.394 e. The molecule has 2 aromatic rings. The molecule has 0 aliphatic carbocycles. The van der Waals surface area contributed by atoms with Crippen molar-refractivity contribution in [3.05, 3.63) is 58.5 Å². The Morgan fingerprint density at radius 2 is 1.88 bits per heavy atom. The molecule has 1 heterocycles. The SMILES string of the molecule is CC(C)(C)CC(CO)NC(=O)c1ccc(=O)n(-c2ccccc2)n1. The third-order valence-electron chi connectivity index (χ3n) is 3.45. The number of amides is 1. The molecular formula is C18H23N3O3. The second-order valence-electron chi connectivity index (χ2n) is 6.92. The Morgan fingerprint density at radius 3 is 2.46 bits per heavy atom. The van der Waals surface area contributed by atoms with Gasteiger partial charge in [-0.2, -0.15) is 9.78 Å². The Morgan fingerprint density at radius 1 is 1.21 bits per heavy atom. The first kappa shape index (κ1) is 17.9.